The van der Waals surface area contributed by atoms with Crippen molar-refractivity contribution < 1.29 is 14.1 Å². The van der Waals surface area contributed by atoms with E-state index in [9.17, 15) is 4.79 Å². The summed E-state index contributed by atoms with van der Waals surface area (Å²) < 4.78 is 11.3. The highest BCUT2D eigenvalue weighted by atomic mass is 16.5. The molecule has 0 bridgehead atoms. The Labute approximate surface area is 145 Å². The second-order valence-electron chi connectivity index (χ2n) is 6.54. The van der Waals surface area contributed by atoms with Crippen LogP contribution in [0.15, 0.2) is 59.4 Å². The number of rotatable bonds is 2. The average Bonchev–Trinajstić information content (AvgIpc) is 3.10. The first kappa shape index (κ1) is 15.4. The van der Waals surface area contributed by atoms with Gasteiger partial charge in [0.25, 0.3) is 5.91 Å². The first-order valence-corrected chi connectivity index (χ1v) is 8.00. The summed E-state index contributed by atoms with van der Waals surface area (Å²) in [6.07, 6.45) is 3.35. The number of pyridine rings is 1. The van der Waals surface area contributed by atoms with E-state index in [1.807, 2.05) is 44.2 Å². The number of benzene rings is 1. The second-order valence-corrected chi connectivity index (χ2v) is 6.54. The van der Waals surface area contributed by atoms with Gasteiger partial charge in [0.1, 0.15) is 11.4 Å². The molecule has 1 aliphatic rings. The van der Waals surface area contributed by atoms with Crippen molar-refractivity contribution in [1.82, 2.24) is 10.1 Å². The van der Waals surface area contributed by atoms with E-state index in [2.05, 4.69) is 10.1 Å². The third kappa shape index (κ3) is 2.87. The molecule has 6 nitrogen and oxygen atoms in total. The normalized spacial score (nSPS) is 15.4. The fourth-order valence-electron chi connectivity index (χ4n) is 2.90. The lowest BCUT2D eigenvalue weighted by molar-refractivity contribution is 0.0830. The molecule has 25 heavy (non-hydrogen) atoms. The predicted octanol–water partition coefficient (Wildman–Crippen LogP) is 3.55. The van der Waals surface area contributed by atoms with E-state index in [-0.39, 0.29) is 11.6 Å². The standard InChI is InChI=1S/C19H17N3O3/c1-19(2)12-22(15-7-3-4-8-16(15)24-19)18(23)14-10-17(25-21-14)13-6-5-9-20-11-13/h3-11H,12H2,1-2H3. The monoisotopic (exact) mass is 335 g/mol. The van der Waals surface area contributed by atoms with Crippen molar-refractivity contribution >= 4 is 11.6 Å². The smallest absolute Gasteiger partial charge is 0.280 e. The van der Waals surface area contributed by atoms with Crippen LogP contribution in [-0.2, 0) is 0 Å². The van der Waals surface area contributed by atoms with E-state index in [1.54, 1.807) is 29.4 Å². The first-order chi connectivity index (χ1) is 12.0. The van der Waals surface area contributed by atoms with Crippen LogP contribution in [0.2, 0.25) is 0 Å². The quantitative estimate of drug-likeness (QED) is 0.716. The summed E-state index contributed by atoms with van der Waals surface area (Å²) in [4.78, 5) is 18.8. The summed E-state index contributed by atoms with van der Waals surface area (Å²) in [5.41, 5.74) is 1.28. The summed E-state index contributed by atoms with van der Waals surface area (Å²) in [5, 5.41) is 3.95. The van der Waals surface area contributed by atoms with E-state index in [1.165, 1.54) is 0 Å². The number of anilines is 1. The van der Waals surface area contributed by atoms with Gasteiger partial charge < -0.3 is 9.26 Å². The third-order valence-electron chi connectivity index (χ3n) is 4.00. The fraction of sp³-hybridized carbons (Fsp3) is 0.211. The Bertz CT molecular complexity index is 918. The molecule has 0 atom stereocenters. The van der Waals surface area contributed by atoms with Gasteiger partial charge in [0.15, 0.2) is 11.5 Å². The largest absolute Gasteiger partial charge is 0.484 e. The molecular formula is C19H17N3O3. The fourth-order valence-corrected chi connectivity index (χ4v) is 2.90. The summed E-state index contributed by atoms with van der Waals surface area (Å²) in [6.45, 7) is 4.33. The Kier molecular flexibility index (Phi) is 3.53. The van der Waals surface area contributed by atoms with Crippen molar-refractivity contribution in [2.75, 3.05) is 11.4 Å². The van der Waals surface area contributed by atoms with E-state index in [0.29, 0.717) is 18.1 Å². The van der Waals surface area contributed by atoms with Crippen molar-refractivity contribution in [2.24, 2.45) is 0 Å². The maximum Gasteiger partial charge on any atom is 0.280 e. The molecule has 3 heterocycles. The van der Waals surface area contributed by atoms with Crippen LogP contribution < -0.4 is 9.64 Å². The average molecular weight is 335 g/mol. The van der Waals surface area contributed by atoms with Crippen molar-refractivity contribution in [3.8, 4) is 17.1 Å². The molecule has 0 saturated carbocycles. The molecule has 0 radical (unpaired) electrons. The zero-order chi connectivity index (χ0) is 17.4. The number of hydrogen-bond acceptors (Lipinski definition) is 5. The second kappa shape index (κ2) is 5.73. The number of fused-ring (bicyclic) bond motifs is 1. The summed E-state index contributed by atoms with van der Waals surface area (Å²) in [7, 11) is 0. The highest BCUT2D eigenvalue weighted by molar-refractivity contribution is 6.06. The van der Waals surface area contributed by atoms with Gasteiger partial charge >= 0.3 is 0 Å². The molecule has 1 aromatic carbocycles. The van der Waals surface area contributed by atoms with E-state index in [4.69, 9.17) is 9.26 Å². The number of carbonyl (C=O) groups is 1. The SMILES string of the molecule is CC1(C)CN(C(=O)c2cc(-c3cccnc3)on2)c2ccccc2O1. The van der Waals surface area contributed by atoms with Crippen LogP contribution in [0.1, 0.15) is 24.3 Å². The Morgan fingerprint density at radius 2 is 2.04 bits per heavy atom. The number of hydrogen-bond donors (Lipinski definition) is 0. The highest BCUT2D eigenvalue weighted by Gasteiger charge is 2.36. The highest BCUT2D eigenvalue weighted by Crippen LogP contribution is 2.37. The van der Waals surface area contributed by atoms with Gasteiger partial charge in [-0.25, -0.2) is 0 Å². The van der Waals surface area contributed by atoms with Crippen LogP contribution in [0.4, 0.5) is 5.69 Å². The molecule has 2 aromatic heterocycles. The van der Waals surface area contributed by atoms with Gasteiger partial charge in [0.05, 0.1) is 12.2 Å². The van der Waals surface area contributed by atoms with Gasteiger partial charge in [0.2, 0.25) is 0 Å². The van der Waals surface area contributed by atoms with Crippen LogP contribution >= 0.6 is 0 Å². The third-order valence-corrected chi connectivity index (χ3v) is 4.00. The van der Waals surface area contributed by atoms with E-state index >= 15 is 0 Å². The maximum absolute atomic E-state index is 13.0. The lowest BCUT2D eigenvalue weighted by Crippen LogP contribution is -2.49. The van der Waals surface area contributed by atoms with Crippen LogP contribution in [0, 0.1) is 0 Å². The number of nitrogens with zero attached hydrogens (tertiary/aromatic N) is 3. The molecule has 0 N–H and O–H groups in total. The van der Waals surface area contributed by atoms with Crippen molar-refractivity contribution in [2.45, 2.75) is 19.4 Å². The van der Waals surface area contributed by atoms with Gasteiger partial charge in [-0.15, -0.1) is 0 Å². The van der Waals surface area contributed by atoms with Crippen molar-refractivity contribution in [3.05, 3.63) is 60.6 Å². The van der Waals surface area contributed by atoms with E-state index < -0.39 is 5.60 Å². The Morgan fingerprint density at radius 1 is 1.20 bits per heavy atom. The molecule has 0 spiro atoms. The molecule has 126 valence electrons. The minimum Gasteiger partial charge on any atom is -0.484 e. The molecule has 0 fully saturated rings. The van der Waals surface area contributed by atoms with Crippen LogP contribution in [0.3, 0.4) is 0 Å². The van der Waals surface area contributed by atoms with Gasteiger partial charge in [-0.2, -0.15) is 0 Å². The van der Waals surface area contributed by atoms with Crippen LogP contribution in [0.5, 0.6) is 5.75 Å². The number of ether oxygens (including phenoxy) is 1. The van der Waals surface area contributed by atoms with Crippen LogP contribution in [-0.4, -0.2) is 28.2 Å². The first-order valence-electron chi connectivity index (χ1n) is 8.00. The molecule has 1 aliphatic heterocycles. The lowest BCUT2D eigenvalue weighted by atomic mass is 10.0. The molecule has 1 amide bonds. The van der Waals surface area contributed by atoms with Crippen molar-refractivity contribution in [3.63, 3.8) is 0 Å². The lowest BCUT2D eigenvalue weighted by Gasteiger charge is -2.39. The molecule has 3 aromatic rings. The topological polar surface area (TPSA) is 68.5 Å². The maximum atomic E-state index is 13.0. The summed E-state index contributed by atoms with van der Waals surface area (Å²) in [5.74, 6) is 0.975. The predicted molar refractivity (Wildman–Crippen MR) is 92.6 cm³/mol. The zero-order valence-corrected chi connectivity index (χ0v) is 14.0. The zero-order valence-electron chi connectivity index (χ0n) is 14.0. The Balaban J connectivity index is 1.69. The minimum atomic E-state index is -0.486. The molecule has 0 saturated heterocycles. The van der Waals surface area contributed by atoms with Gasteiger partial charge in [0, 0.05) is 24.0 Å². The van der Waals surface area contributed by atoms with Crippen LogP contribution in [0.25, 0.3) is 11.3 Å². The number of carbonyl (C=O) groups excluding carboxylic acids is 1. The Morgan fingerprint density at radius 3 is 2.84 bits per heavy atom. The molecular weight excluding hydrogens is 318 g/mol. The Hall–Kier alpha value is -3.15. The summed E-state index contributed by atoms with van der Waals surface area (Å²) >= 11 is 0. The molecule has 6 heteroatoms. The van der Waals surface area contributed by atoms with E-state index in [0.717, 1.165) is 11.3 Å². The van der Waals surface area contributed by atoms with Gasteiger partial charge in [-0.05, 0) is 38.1 Å². The van der Waals surface area contributed by atoms with Crippen molar-refractivity contribution in [1.29, 1.82) is 0 Å². The number of aromatic nitrogens is 2. The molecule has 0 aliphatic carbocycles. The minimum absolute atomic E-state index is 0.220. The number of amides is 1. The number of para-hydroxylation sites is 2. The van der Waals surface area contributed by atoms with Gasteiger partial charge in [-0.1, -0.05) is 17.3 Å². The molecule has 0 unspecified atom stereocenters. The van der Waals surface area contributed by atoms with Gasteiger partial charge in [-0.3, -0.25) is 14.7 Å². The summed E-state index contributed by atoms with van der Waals surface area (Å²) in [6, 6.07) is 12.8. The molecule has 4 rings (SSSR count).